The van der Waals surface area contributed by atoms with Crippen LogP contribution in [0.25, 0.3) is 0 Å². The van der Waals surface area contributed by atoms with Crippen molar-refractivity contribution < 1.29 is 9.53 Å². The van der Waals surface area contributed by atoms with Crippen LogP contribution in [0, 0.1) is 6.92 Å². The van der Waals surface area contributed by atoms with E-state index in [1.54, 1.807) is 31.6 Å². The van der Waals surface area contributed by atoms with Gasteiger partial charge in [-0.1, -0.05) is 24.3 Å². The van der Waals surface area contributed by atoms with Crippen LogP contribution in [-0.4, -0.2) is 18.0 Å². The molecule has 2 aromatic carbocycles. The summed E-state index contributed by atoms with van der Waals surface area (Å²) in [5.41, 5.74) is 4.00. The molecule has 1 heterocycles. The highest BCUT2D eigenvalue weighted by molar-refractivity contribution is 6.04. The summed E-state index contributed by atoms with van der Waals surface area (Å²) in [4.78, 5) is 16.6. The molecule has 0 unspecified atom stereocenters. The lowest BCUT2D eigenvalue weighted by atomic mass is 10.2. The van der Waals surface area contributed by atoms with Gasteiger partial charge in [-0.15, -0.1) is 0 Å². The standard InChI is InChI=1S/C20H19N3O2/c1-14-6-3-4-9-19(14)22-17-10-15(12-21-13-17)20(24)23-16-7-5-8-18(11-16)25-2/h3-13,22H,1-2H3,(H,23,24). The van der Waals surface area contributed by atoms with Gasteiger partial charge in [0.1, 0.15) is 5.75 Å². The van der Waals surface area contributed by atoms with Crippen molar-refractivity contribution in [3.8, 4) is 5.75 Å². The van der Waals surface area contributed by atoms with Crippen LogP contribution in [0.5, 0.6) is 5.75 Å². The van der Waals surface area contributed by atoms with Gasteiger partial charge in [-0.25, -0.2) is 0 Å². The molecular weight excluding hydrogens is 314 g/mol. The number of aryl methyl sites for hydroxylation is 1. The van der Waals surface area contributed by atoms with Crippen molar-refractivity contribution in [2.24, 2.45) is 0 Å². The molecule has 0 atom stereocenters. The van der Waals surface area contributed by atoms with E-state index in [0.29, 0.717) is 17.0 Å². The molecule has 1 amide bonds. The number of pyridine rings is 1. The predicted molar refractivity (Wildman–Crippen MR) is 99.6 cm³/mol. The number of nitrogens with zero attached hydrogens (tertiary/aromatic N) is 1. The molecule has 0 radical (unpaired) electrons. The Kier molecular flexibility index (Phi) is 4.95. The number of benzene rings is 2. The second kappa shape index (κ2) is 7.49. The van der Waals surface area contributed by atoms with Crippen molar-refractivity contribution in [2.75, 3.05) is 17.7 Å². The fraction of sp³-hybridized carbons (Fsp3) is 0.100. The minimum Gasteiger partial charge on any atom is -0.497 e. The average molecular weight is 333 g/mol. The van der Waals surface area contributed by atoms with E-state index in [-0.39, 0.29) is 5.91 Å². The van der Waals surface area contributed by atoms with Crippen molar-refractivity contribution in [1.82, 2.24) is 4.98 Å². The molecule has 0 aliphatic carbocycles. The molecule has 0 aliphatic heterocycles. The van der Waals surface area contributed by atoms with E-state index in [9.17, 15) is 4.79 Å². The molecule has 3 aromatic rings. The summed E-state index contributed by atoms with van der Waals surface area (Å²) in [6, 6.07) is 16.9. The fourth-order valence-corrected chi connectivity index (χ4v) is 2.41. The quantitative estimate of drug-likeness (QED) is 0.727. The van der Waals surface area contributed by atoms with Gasteiger partial charge >= 0.3 is 0 Å². The van der Waals surface area contributed by atoms with Crippen LogP contribution < -0.4 is 15.4 Å². The molecule has 5 heteroatoms. The number of ether oxygens (including phenoxy) is 1. The van der Waals surface area contributed by atoms with Crippen LogP contribution in [0.1, 0.15) is 15.9 Å². The Morgan fingerprint density at radius 3 is 2.64 bits per heavy atom. The van der Waals surface area contributed by atoms with Gasteiger partial charge in [-0.05, 0) is 36.8 Å². The molecule has 2 N–H and O–H groups in total. The molecule has 25 heavy (non-hydrogen) atoms. The number of amides is 1. The van der Waals surface area contributed by atoms with E-state index < -0.39 is 0 Å². The second-order valence-corrected chi connectivity index (χ2v) is 5.59. The number of methoxy groups -OCH3 is 1. The van der Waals surface area contributed by atoms with Gasteiger partial charge in [0, 0.05) is 23.6 Å². The first-order chi connectivity index (χ1) is 12.2. The van der Waals surface area contributed by atoms with Crippen LogP contribution >= 0.6 is 0 Å². The number of anilines is 3. The summed E-state index contributed by atoms with van der Waals surface area (Å²) in [6.07, 6.45) is 3.23. The van der Waals surface area contributed by atoms with Gasteiger partial charge in [-0.3, -0.25) is 9.78 Å². The molecule has 0 aliphatic rings. The largest absolute Gasteiger partial charge is 0.497 e. The summed E-state index contributed by atoms with van der Waals surface area (Å²) in [5, 5.41) is 6.14. The Bertz CT molecular complexity index is 893. The third-order valence-corrected chi connectivity index (χ3v) is 3.75. The van der Waals surface area contributed by atoms with Crippen LogP contribution in [0.15, 0.2) is 67.0 Å². The van der Waals surface area contributed by atoms with Crippen molar-refractivity contribution >= 4 is 23.0 Å². The van der Waals surface area contributed by atoms with Crippen molar-refractivity contribution in [3.63, 3.8) is 0 Å². The van der Waals surface area contributed by atoms with Crippen LogP contribution in [0.2, 0.25) is 0 Å². The molecule has 1 aromatic heterocycles. The lowest BCUT2D eigenvalue weighted by Crippen LogP contribution is -2.12. The van der Waals surface area contributed by atoms with E-state index in [1.165, 1.54) is 0 Å². The maximum Gasteiger partial charge on any atom is 0.257 e. The van der Waals surface area contributed by atoms with Gasteiger partial charge in [-0.2, -0.15) is 0 Å². The third-order valence-electron chi connectivity index (χ3n) is 3.75. The van der Waals surface area contributed by atoms with Gasteiger partial charge < -0.3 is 15.4 Å². The molecule has 3 rings (SSSR count). The number of aromatic nitrogens is 1. The highest BCUT2D eigenvalue weighted by Gasteiger charge is 2.09. The number of hydrogen-bond acceptors (Lipinski definition) is 4. The molecule has 0 spiro atoms. The van der Waals surface area contributed by atoms with Gasteiger partial charge in [0.15, 0.2) is 0 Å². The van der Waals surface area contributed by atoms with Gasteiger partial charge in [0.25, 0.3) is 5.91 Å². The number of carbonyl (C=O) groups is 1. The zero-order chi connectivity index (χ0) is 17.6. The van der Waals surface area contributed by atoms with Crippen molar-refractivity contribution in [1.29, 1.82) is 0 Å². The topological polar surface area (TPSA) is 63.2 Å². The first-order valence-corrected chi connectivity index (χ1v) is 7.89. The van der Waals surface area contributed by atoms with Gasteiger partial charge in [0.05, 0.1) is 24.6 Å². The van der Waals surface area contributed by atoms with Crippen LogP contribution in [0.3, 0.4) is 0 Å². The Labute approximate surface area is 146 Å². The summed E-state index contributed by atoms with van der Waals surface area (Å²) in [6.45, 7) is 2.02. The van der Waals surface area contributed by atoms with Crippen LogP contribution in [-0.2, 0) is 0 Å². The average Bonchev–Trinajstić information content (AvgIpc) is 2.64. The Morgan fingerprint density at radius 2 is 1.84 bits per heavy atom. The first-order valence-electron chi connectivity index (χ1n) is 7.89. The van der Waals surface area contributed by atoms with E-state index in [0.717, 1.165) is 16.9 Å². The lowest BCUT2D eigenvalue weighted by molar-refractivity contribution is 0.102. The molecule has 0 saturated heterocycles. The van der Waals surface area contributed by atoms with Crippen molar-refractivity contribution in [2.45, 2.75) is 6.92 Å². The third kappa shape index (κ3) is 4.14. The van der Waals surface area contributed by atoms with E-state index in [4.69, 9.17) is 4.74 Å². The predicted octanol–water partition coefficient (Wildman–Crippen LogP) is 4.39. The maximum absolute atomic E-state index is 12.5. The molecular formula is C20H19N3O2. The molecule has 0 fully saturated rings. The summed E-state index contributed by atoms with van der Waals surface area (Å²) >= 11 is 0. The zero-order valence-corrected chi connectivity index (χ0v) is 14.1. The number of hydrogen-bond donors (Lipinski definition) is 2. The normalized spacial score (nSPS) is 10.2. The van der Waals surface area contributed by atoms with E-state index >= 15 is 0 Å². The summed E-state index contributed by atoms with van der Waals surface area (Å²) in [5.74, 6) is 0.458. The van der Waals surface area contributed by atoms with E-state index in [2.05, 4.69) is 15.6 Å². The highest BCUT2D eigenvalue weighted by atomic mass is 16.5. The highest BCUT2D eigenvalue weighted by Crippen LogP contribution is 2.21. The number of carbonyl (C=O) groups excluding carboxylic acids is 1. The molecule has 126 valence electrons. The minimum absolute atomic E-state index is 0.228. The molecule has 5 nitrogen and oxygen atoms in total. The number of para-hydroxylation sites is 1. The SMILES string of the molecule is COc1cccc(NC(=O)c2cncc(Nc3ccccc3C)c2)c1. The lowest BCUT2D eigenvalue weighted by Gasteiger charge is -2.11. The molecule has 0 saturated carbocycles. The Morgan fingerprint density at radius 1 is 1.00 bits per heavy atom. The smallest absolute Gasteiger partial charge is 0.257 e. The fourth-order valence-electron chi connectivity index (χ4n) is 2.41. The van der Waals surface area contributed by atoms with E-state index in [1.807, 2.05) is 49.4 Å². The Balaban J connectivity index is 1.76. The Hall–Kier alpha value is -3.34. The number of nitrogens with one attached hydrogen (secondary N) is 2. The minimum atomic E-state index is -0.228. The first kappa shape index (κ1) is 16.5. The maximum atomic E-state index is 12.5. The van der Waals surface area contributed by atoms with Gasteiger partial charge in [0.2, 0.25) is 0 Å². The summed E-state index contributed by atoms with van der Waals surface area (Å²) < 4.78 is 5.17. The second-order valence-electron chi connectivity index (χ2n) is 5.59. The molecule has 0 bridgehead atoms. The van der Waals surface area contributed by atoms with Crippen LogP contribution in [0.4, 0.5) is 17.1 Å². The summed E-state index contributed by atoms with van der Waals surface area (Å²) in [7, 11) is 1.59. The van der Waals surface area contributed by atoms with Crippen molar-refractivity contribution in [3.05, 3.63) is 78.1 Å². The number of rotatable bonds is 5. The zero-order valence-electron chi connectivity index (χ0n) is 14.1. The monoisotopic (exact) mass is 333 g/mol.